The fourth-order valence-electron chi connectivity index (χ4n) is 0.692. The van der Waals surface area contributed by atoms with Crippen molar-refractivity contribution >= 4 is 21.7 Å². The molecule has 1 rings (SSSR count). The quantitative estimate of drug-likeness (QED) is 0.639. The van der Waals surface area contributed by atoms with Crippen LogP contribution in [0.3, 0.4) is 0 Å². The van der Waals surface area contributed by atoms with Crippen molar-refractivity contribution in [3.63, 3.8) is 0 Å². The summed E-state index contributed by atoms with van der Waals surface area (Å²) in [5.41, 5.74) is 0.207. The summed E-state index contributed by atoms with van der Waals surface area (Å²) in [6.45, 7) is 1.09. The maximum Gasteiger partial charge on any atom is 0.323 e. The van der Waals surface area contributed by atoms with Crippen LogP contribution in [0, 0.1) is 0 Å². The van der Waals surface area contributed by atoms with Crippen LogP contribution in [0.5, 0.6) is 0 Å². The lowest BCUT2D eigenvalue weighted by Gasteiger charge is -2.08. The van der Waals surface area contributed by atoms with Gasteiger partial charge in [-0.2, -0.15) is 5.10 Å². The smallest absolute Gasteiger partial charge is 0.323 e. The highest BCUT2D eigenvalue weighted by Crippen LogP contribution is 2.09. The zero-order valence-corrected chi connectivity index (χ0v) is 8.08. The number of nitrogens with zero attached hydrogens (tertiary/aromatic N) is 1. The molecule has 1 unspecified atom stereocenters. The van der Waals surface area contributed by atoms with Crippen molar-refractivity contribution in [3.05, 3.63) is 12.4 Å². The topological polar surface area (TPSA) is 112 Å². The molecule has 8 heteroatoms. The predicted molar refractivity (Wildman–Crippen MR) is 48.2 cm³/mol. The van der Waals surface area contributed by atoms with Crippen molar-refractivity contribution in [2.45, 2.75) is 12.2 Å². The molecular weight excluding hydrogens is 210 g/mol. The van der Waals surface area contributed by atoms with Gasteiger partial charge in [0.2, 0.25) is 10.0 Å². The molecule has 0 radical (unpaired) electrons. The monoisotopic (exact) mass is 219 g/mol. The van der Waals surface area contributed by atoms with E-state index in [9.17, 15) is 13.2 Å². The summed E-state index contributed by atoms with van der Waals surface area (Å²) in [5.74, 6) is -1.40. The lowest BCUT2D eigenvalue weighted by molar-refractivity contribution is -0.136. The van der Waals surface area contributed by atoms with Crippen LogP contribution in [-0.4, -0.2) is 34.9 Å². The molecule has 0 aromatic carbocycles. The lowest BCUT2D eigenvalue weighted by Crippen LogP contribution is -2.31. The maximum atomic E-state index is 11.3. The highest BCUT2D eigenvalue weighted by Gasteiger charge is 2.27. The third-order valence-corrected chi connectivity index (χ3v) is 3.22. The first-order valence-corrected chi connectivity index (χ1v) is 5.21. The Bertz CT molecular complexity index is 410. The standard InChI is InChI=1S/C6H9N3O4S/c1-4(6(10)11)14(12,13)9-5-2-7-8-3-5/h2-4,9H,1H3,(H,7,8)(H,10,11). The van der Waals surface area contributed by atoms with Gasteiger partial charge in [0, 0.05) is 6.20 Å². The first-order chi connectivity index (χ1) is 6.43. The highest BCUT2D eigenvalue weighted by atomic mass is 32.2. The van der Waals surface area contributed by atoms with E-state index < -0.39 is 21.2 Å². The summed E-state index contributed by atoms with van der Waals surface area (Å²) in [4.78, 5) is 10.4. The van der Waals surface area contributed by atoms with Crippen molar-refractivity contribution in [2.24, 2.45) is 0 Å². The van der Waals surface area contributed by atoms with Crippen LogP contribution in [-0.2, 0) is 14.8 Å². The zero-order valence-electron chi connectivity index (χ0n) is 7.26. The van der Waals surface area contributed by atoms with E-state index in [0.29, 0.717) is 0 Å². The Kier molecular flexibility index (Phi) is 2.75. The number of rotatable bonds is 4. The number of aliphatic carboxylic acids is 1. The second-order valence-electron chi connectivity index (χ2n) is 2.61. The van der Waals surface area contributed by atoms with E-state index in [-0.39, 0.29) is 5.69 Å². The molecule has 0 aliphatic carbocycles. The molecule has 0 aliphatic heterocycles. The van der Waals surface area contributed by atoms with Gasteiger partial charge in [0.05, 0.1) is 11.9 Å². The molecule has 0 bridgehead atoms. The Labute approximate surface area is 80.2 Å². The SMILES string of the molecule is CC(C(=O)O)S(=O)(=O)Nc1cn[nH]c1. The number of aromatic amines is 1. The van der Waals surface area contributed by atoms with Crippen LogP contribution in [0.25, 0.3) is 0 Å². The van der Waals surface area contributed by atoms with E-state index in [1.54, 1.807) is 0 Å². The number of carbonyl (C=O) groups is 1. The number of carboxylic acids is 1. The van der Waals surface area contributed by atoms with Gasteiger partial charge in [-0.3, -0.25) is 14.6 Å². The largest absolute Gasteiger partial charge is 0.480 e. The molecule has 1 heterocycles. The molecule has 14 heavy (non-hydrogen) atoms. The second-order valence-corrected chi connectivity index (χ2v) is 4.62. The molecule has 0 saturated heterocycles. The van der Waals surface area contributed by atoms with Gasteiger partial charge in [-0.05, 0) is 6.92 Å². The zero-order chi connectivity index (χ0) is 10.8. The molecule has 1 atom stereocenters. The maximum absolute atomic E-state index is 11.3. The van der Waals surface area contributed by atoms with Crippen LogP contribution in [0.4, 0.5) is 5.69 Å². The van der Waals surface area contributed by atoms with E-state index in [1.165, 1.54) is 12.4 Å². The Hall–Kier alpha value is -1.57. The molecule has 1 aromatic heterocycles. The van der Waals surface area contributed by atoms with Crippen LogP contribution in [0.15, 0.2) is 12.4 Å². The van der Waals surface area contributed by atoms with Crippen molar-refractivity contribution in [2.75, 3.05) is 4.72 Å². The van der Waals surface area contributed by atoms with Crippen molar-refractivity contribution in [1.29, 1.82) is 0 Å². The average Bonchev–Trinajstić information content (AvgIpc) is 2.54. The average molecular weight is 219 g/mol. The minimum Gasteiger partial charge on any atom is -0.480 e. The second kappa shape index (κ2) is 3.66. The third-order valence-electron chi connectivity index (χ3n) is 1.57. The van der Waals surface area contributed by atoms with Crippen LogP contribution < -0.4 is 4.72 Å². The molecule has 0 spiro atoms. The van der Waals surface area contributed by atoms with Gasteiger partial charge in [0.15, 0.2) is 5.25 Å². The van der Waals surface area contributed by atoms with Gasteiger partial charge in [-0.15, -0.1) is 0 Å². The minimum absolute atomic E-state index is 0.207. The van der Waals surface area contributed by atoms with Crippen molar-refractivity contribution in [3.8, 4) is 0 Å². The number of H-pyrrole nitrogens is 1. The third kappa shape index (κ3) is 2.22. The molecule has 7 nitrogen and oxygen atoms in total. The molecule has 0 amide bonds. The van der Waals surface area contributed by atoms with E-state index in [4.69, 9.17) is 5.11 Å². The van der Waals surface area contributed by atoms with Crippen molar-refractivity contribution < 1.29 is 18.3 Å². The molecular formula is C6H9N3O4S. The molecule has 1 aromatic rings. The van der Waals surface area contributed by atoms with Gasteiger partial charge in [-0.1, -0.05) is 0 Å². The minimum atomic E-state index is -3.89. The van der Waals surface area contributed by atoms with Crippen LogP contribution in [0.2, 0.25) is 0 Å². The highest BCUT2D eigenvalue weighted by molar-refractivity contribution is 7.94. The number of carboxylic acid groups (broad SMARTS) is 1. The van der Waals surface area contributed by atoms with Crippen LogP contribution >= 0.6 is 0 Å². The Morgan fingerprint density at radius 2 is 2.36 bits per heavy atom. The summed E-state index contributed by atoms with van der Waals surface area (Å²) >= 11 is 0. The lowest BCUT2D eigenvalue weighted by atomic mass is 10.5. The first-order valence-electron chi connectivity index (χ1n) is 3.66. The Morgan fingerprint density at radius 3 is 2.79 bits per heavy atom. The normalized spacial score (nSPS) is 13.5. The van der Waals surface area contributed by atoms with Gasteiger partial charge in [-0.25, -0.2) is 8.42 Å². The Morgan fingerprint density at radius 1 is 1.71 bits per heavy atom. The molecule has 3 N–H and O–H groups in total. The fraction of sp³-hybridized carbons (Fsp3) is 0.333. The predicted octanol–water partition coefficient (Wildman–Crippen LogP) is -0.376. The molecule has 0 aliphatic rings. The number of sulfonamides is 1. The number of hydrogen-bond donors (Lipinski definition) is 3. The number of anilines is 1. The number of nitrogens with one attached hydrogen (secondary N) is 2. The van der Waals surface area contributed by atoms with E-state index >= 15 is 0 Å². The van der Waals surface area contributed by atoms with E-state index in [2.05, 4.69) is 14.9 Å². The molecule has 0 saturated carbocycles. The number of hydrogen-bond acceptors (Lipinski definition) is 4. The Balaban J connectivity index is 2.83. The first kappa shape index (κ1) is 10.5. The summed E-state index contributed by atoms with van der Waals surface area (Å²) in [5, 5.41) is 12.9. The molecule has 78 valence electrons. The summed E-state index contributed by atoms with van der Waals surface area (Å²) < 4.78 is 24.7. The van der Waals surface area contributed by atoms with E-state index in [0.717, 1.165) is 6.92 Å². The fourth-order valence-corrected chi connectivity index (χ4v) is 1.57. The van der Waals surface area contributed by atoms with Gasteiger partial charge in [0.1, 0.15) is 0 Å². The summed E-state index contributed by atoms with van der Waals surface area (Å²) in [6, 6.07) is 0. The van der Waals surface area contributed by atoms with Gasteiger partial charge in [0.25, 0.3) is 0 Å². The summed E-state index contributed by atoms with van der Waals surface area (Å²) in [7, 11) is -3.89. The van der Waals surface area contributed by atoms with Crippen LogP contribution in [0.1, 0.15) is 6.92 Å². The number of aromatic nitrogens is 2. The van der Waals surface area contributed by atoms with Gasteiger partial charge < -0.3 is 5.11 Å². The molecule has 0 fully saturated rings. The van der Waals surface area contributed by atoms with Gasteiger partial charge >= 0.3 is 5.97 Å². The summed E-state index contributed by atoms with van der Waals surface area (Å²) in [6.07, 6.45) is 2.55. The van der Waals surface area contributed by atoms with E-state index in [1.807, 2.05) is 0 Å². The van der Waals surface area contributed by atoms with Crippen molar-refractivity contribution in [1.82, 2.24) is 10.2 Å².